The number of para-hydroxylation sites is 1. The predicted molar refractivity (Wildman–Crippen MR) is 86.0 cm³/mol. The van der Waals surface area contributed by atoms with Gasteiger partial charge in [0.2, 0.25) is 0 Å². The summed E-state index contributed by atoms with van der Waals surface area (Å²) in [7, 11) is 0. The third-order valence-corrected chi connectivity index (χ3v) is 4.64. The number of hydrogen-bond donors (Lipinski definition) is 1. The minimum atomic E-state index is 0.0873. The van der Waals surface area contributed by atoms with Crippen LogP contribution in [-0.4, -0.2) is 4.98 Å². The highest BCUT2D eigenvalue weighted by molar-refractivity contribution is 7.18. The molecule has 0 saturated carbocycles. The second-order valence-corrected chi connectivity index (χ2v) is 6.20. The summed E-state index contributed by atoms with van der Waals surface area (Å²) < 4.78 is 1.27. The van der Waals surface area contributed by atoms with Gasteiger partial charge in [-0.25, -0.2) is 4.98 Å². The molecule has 2 N–H and O–H groups in total. The van der Waals surface area contributed by atoms with Crippen LogP contribution in [0, 0.1) is 6.92 Å². The summed E-state index contributed by atoms with van der Waals surface area (Å²) in [6, 6.07) is 16.7. The van der Waals surface area contributed by atoms with Crippen LogP contribution in [0.2, 0.25) is 0 Å². The van der Waals surface area contributed by atoms with Crippen molar-refractivity contribution in [1.82, 2.24) is 4.98 Å². The van der Waals surface area contributed by atoms with E-state index in [2.05, 4.69) is 37.3 Å². The average molecular weight is 282 g/mol. The Morgan fingerprint density at radius 3 is 2.65 bits per heavy atom. The lowest BCUT2D eigenvalue weighted by molar-refractivity contribution is 0.650. The number of benzene rings is 2. The standard InChI is InChI=1S/C17H18N2S/c1-12-6-5-9-15-17(12)19-16(20-15)11-10-14(18)13-7-3-2-4-8-13/h2-9,14H,10-11,18H2,1H3. The zero-order valence-electron chi connectivity index (χ0n) is 11.5. The summed E-state index contributed by atoms with van der Waals surface area (Å²) in [5, 5.41) is 1.18. The number of nitrogens with two attached hydrogens (primary N) is 1. The number of nitrogens with zero attached hydrogens (tertiary/aromatic N) is 1. The Hall–Kier alpha value is -1.71. The number of aromatic nitrogens is 1. The van der Waals surface area contributed by atoms with Gasteiger partial charge in [-0.05, 0) is 30.5 Å². The van der Waals surface area contributed by atoms with Gasteiger partial charge in [0.15, 0.2) is 0 Å². The van der Waals surface area contributed by atoms with Crippen molar-refractivity contribution in [3.8, 4) is 0 Å². The molecule has 1 aromatic heterocycles. The van der Waals surface area contributed by atoms with Crippen molar-refractivity contribution in [2.45, 2.75) is 25.8 Å². The molecule has 0 aliphatic carbocycles. The maximum absolute atomic E-state index is 6.24. The topological polar surface area (TPSA) is 38.9 Å². The van der Waals surface area contributed by atoms with Crippen LogP contribution in [-0.2, 0) is 6.42 Å². The highest BCUT2D eigenvalue weighted by atomic mass is 32.1. The summed E-state index contributed by atoms with van der Waals surface area (Å²) in [6.07, 6.45) is 1.87. The molecule has 3 aromatic rings. The van der Waals surface area contributed by atoms with E-state index in [4.69, 9.17) is 10.7 Å². The number of thiazole rings is 1. The predicted octanol–water partition coefficient (Wildman–Crippen LogP) is 4.24. The van der Waals surface area contributed by atoms with E-state index in [1.807, 2.05) is 18.2 Å². The van der Waals surface area contributed by atoms with Crippen molar-refractivity contribution in [1.29, 1.82) is 0 Å². The fraction of sp³-hybridized carbons (Fsp3) is 0.235. The van der Waals surface area contributed by atoms with Crippen LogP contribution >= 0.6 is 11.3 Å². The lowest BCUT2D eigenvalue weighted by Gasteiger charge is -2.10. The van der Waals surface area contributed by atoms with Gasteiger partial charge in [-0.1, -0.05) is 42.5 Å². The number of hydrogen-bond acceptors (Lipinski definition) is 3. The first-order chi connectivity index (χ1) is 9.74. The van der Waals surface area contributed by atoms with E-state index in [0.29, 0.717) is 0 Å². The molecule has 1 atom stereocenters. The second-order valence-electron chi connectivity index (χ2n) is 5.09. The maximum atomic E-state index is 6.24. The van der Waals surface area contributed by atoms with E-state index in [-0.39, 0.29) is 6.04 Å². The zero-order valence-corrected chi connectivity index (χ0v) is 12.4. The molecule has 2 aromatic carbocycles. The first kappa shape index (κ1) is 13.3. The Bertz CT molecular complexity index is 703. The third kappa shape index (κ3) is 2.74. The molecule has 0 aliphatic heterocycles. The van der Waals surface area contributed by atoms with Crippen molar-refractivity contribution in [3.63, 3.8) is 0 Å². The molecule has 0 spiro atoms. The lowest BCUT2D eigenvalue weighted by atomic mass is 10.0. The molecule has 1 heterocycles. The van der Waals surface area contributed by atoms with Gasteiger partial charge in [0.05, 0.1) is 15.2 Å². The van der Waals surface area contributed by atoms with Gasteiger partial charge in [0, 0.05) is 12.5 Å². The molecule has 3 rings (SSSR count). The Morgan fingerprint density at radius 1 is 1.10 bits per heavy atom. The first-order valence-corrected chi connectivity index (χ1v) is 7.71. The minimum Gasteiger partial charge on any atom is -0.324 e. The molecule has 0 aliphatic rings. The molecule has 2 nitrogen and oxygen atoms in total. The van der Waals surface area contributed by atoms with Gasteiger partial charge in [-0.3, -0.25) is 0 Å². The number of rotatable bonds is 4. The van der Waals surface area contributed by atoms with Crippen molar-refractivity contribution in [2.24, 2.45) is 5.73 Å². The van der Waals surface area contributed by atoms with Crippen LogP contribution in [0.1, 0.15) is 28.6 Å². The van der Waals surface area contributed by atoms with E-state index in [1.165, 1.54) is 20.8 Å². The molecule has 0 bridgehead atoms. The quantitative estimate of drug-likeness (QED) is 0.777. The molecule has 0 fully saturated rings. The van der Waals surface area contributed by atoms with Crippen LogP contribution in [0.25, 0.3) is 10.2 Å². The van der Waals surface area contributed by atoms with Crippen LogP contribution in [0.4, 0.5) is 0 Å². The van der Waals surface area contributed by atoms with Crippen molar-refractivity contribution in [2.75, 3.05) is 0 Å². The summed E-state index contributed by atoms with van der Waals surface area (Å²) >= 11 is 1.78. The molecular weight excluding hydrogens is 264 g/mol. The Balaban J connectivity index is 1.72. The van der Waals surface area contributed by atoms with E-state index < -0.39 is 0 Å². The van der Waals surface area contributed by atoms with Crippen molar-refractivity contribution >= 4 is 21.6 Å². The van der Waals surface area contributed by atoms with Crippen LogP contribution in [0.3, 0.4) is 0 Å². The molecule has 3 heteroatoms. The van der Waals surface area contributed by atoms with Crippen molar-refractivity contribution < 1.29 is 0 Å². The minimum absolute atomic E-state index is 0.0873. The van der Waals surface area contributed by atoms with E-state index in [0.717, 1.165) is 18.4 Å². The number of fused-ring (bicyclic) bond motifs is 1. The van der Waals surface area contributed by atoms with Gasteiger partial charge in [0.1, 0.15) is 0 Å². The summed E-state index contributed by atoms with van der Waals surface area (Å²) in [5.41, 5.74) is 9.83. The molecule has 0 amide bonds. The van der Waals surface area contributed by atoms with E-state index in [1.54, 1.807) is 11.3 Å². The SMILES string of the molecule is Cc1cccc2sc(CCC(N)c3ccccc3)nc12. The molecule has 1 unspecified atom stereocenters. The fourth-order valence-corrected chi connectivity index (χ4v) is 3.45. The smallest absolute Gasteiger partial charge is 0.0939 e. The number of aryl methyl sites for hydroxylation is 2. The summed E-state index contributed by atoms with van der Waals surface area (Å²) in [5.74, 6) is 0. The first-order valence-electron chi connectivity index (χ1n) is 6.89. The molecule has 0 radical (unpaired) electrons. The second kappa shape index (κ2) is 5.73. The van der Waals surface area contributed by atoms with Gasteiger partial charge >= 0.3 is 0 Å². The molecule has 20 heavy (non-hydrogen) atoms. The van der Waals surface area contributed by atoms with Crippen molar-refractivity contribution in [3.05, 3.63) is 64.7 Å². The molecule has 102 valence electrons. The fourth-order valence-electron chi connectivity index (χ4n) is 2.38. The Morgan fingerprint density at radius 2 is 1.90 bits per heavy atom. The average Bonchev–Trinajstić information content (AvgIpc) is 2.90. The highest BCUT2D eigenvalue weighted by Gasteiger charge is 2.09. The van der Waals surface area contributed by atoms with Gasteiger partial charge < -0.3 is 5.73 Å². The Labute approximate surface area is 123 Å². The van der Waals surface area contributed by atoms with E-state index in [9.17, 15) is 0 Å². The summed E-state index contributed by atoms with van der Waals surface area (Å²) in [4.78, 5) is 4.74. The van der Waals surface area contributed by atoms with Crippen LogP contribution in [0.15, 0.2) is 48.5 Å². The van der Waals surface area contributed by atoms with E-state index >= 15 is 0 Å². The largest absolute Gasteiger partial charge is 0.324 e. The summed E-state index contributed by atoms with van der Waals surface area (Å²) in [6.45, 7) is 2.11. The van der Waals surface area contributed by atoms with Gasteiger partial charge in [-0.2, -0.15) is 0 Å². The van der Waals surface area contributed by atoms with Gasteiger partial charge in [-0.15, -0.1) is 11.3 Å². The van der Waals surface area contributed by atoms with Crippen LogP contribution < -0.4 is 5.73 Å². The maximum Gasteiger partial charge on any atom is 0.0939 e. The lowest BCUT2D eigenvalue weighted by Crippen LogP contribution is -2.10. The third-order valence-electron chi connectivity index (χ3n) is 3.56. The normalized spacial score (nSPS) is 12.7. The molecular formula is C17H18N2S. The molecule has 0 saturated heterocycles. The van der Waals surface area contributed by atoms with Crippen LogP contribution in [0.5, 0.6) is 0 Å². The zero-order chi connectivity index (χ0) is 13.9. The Kier molecular flexibility index (Phi) is 3.81. The monoisotopic (exact) mass is 282 g/mol. The van der Waals surface area contributed by atoms with Gasteiger partial charge in [0.25, 0.3) is 0 Å². The highest BCUT2D eigenvalue weighted by Crippen LogP contribution is 2.26.